The minimum Gasteiger partial charge on any atom is -0.369 e. The summed E-state index contributed by atoms with van der Waals surface area (Å²) < 4.78 is 1.95. The first-order valence-electron chi connectivity index (χ1n) is 19.6. The first-order chi connectivity index (χ1) is 26.8. The standard InChI is InChI=1S/C41H47ClN10O3/c42-34-21-44-41(47-39(34)33-20-43-35-4-2-1-3-32(33)35)45-30-11-14-51(25-30)38(54)26-48-12-9-27(10-13-48)22-49-15-17-50(18-16-49)31-6-5-28-23-52(24-29(28)19-31)36-7-8-37(53)46-40(36)55/h1-6,19-21,23-24,27,30,36,43H,7-18,22,25-26H2,(H,44,45,47)(H,46,53,55). The van der Waals surface area contributed by atoms with Gasteiger partial charge in [0.1, 0.15) is 6.04 Å². The van der Waals surface area contributed by atoms with Crippen LogP contribution in [-0.2, 0) is 14.4 Å². The number of hydrogen-bond acceptors (Lipinski definition) is 9. The fourth-order valence-corrected chi connectivity index (χ4v) is 9.04. The van der Waals surface area contributed by atoms with Crippen molar-refractivity contribution in [3.63, 3.8) is 0 Å². The van der Waals surface area contributed by atoms with Gasteiger partial charge in [-0.2, -0.15) is 0 Å². The highest BCUT2D eigenvalue weighted by molar-refractivity contribution is 6.33. The number of likely N-dealkylation sites (tertiary alicyclic amines) is 2. The number of nitrogens with one attached hydrogen (secondary N) is 3. The van der Waals surface area contributed by atoms with E-state index in [1.165, 1.54) is 5.69 Å². The summed E-state index contributed by atoms with van der Waals surface area (Å²) in [4.78, 5) is 59.3. The lowest BCUT2D eigenvalue weighted by Gasteiger charge is -2.39. The minimum atomic E-state index is -0.338. The van der Waals surface area contributed by atoms with E-state index in [0.29, 0.717) is 48.5 Å². The third-order valence-electron chi connectivity index (χ3n) is 12.0. The van der Waals surface area contributed by atoms with Crippen LogP contribution >= 0.6 is 11.6 Å². The Morgan fingerprint density at radius 1 is 0.909 bits per heavy atom. The van der Waals surface area contributed by atoms with Crippen molar-refractivity contribution >= 4 is 62.6 Å². The van der Waals surface area contributed by atoms with Gasteiger partial charge in [-0.3, -0.25) is 29.5 Å². The van der Waals surface area contributed by atoms with E-state index in [9.17, 15) is 14.4 Å². The molecule has 3 aromatic heterocycles. The number of amides is 3. The third-order valence-corrected chi connectivity index (χ3v) is 12.3. The number of anilines is 2. The lowest BCUT2D eigenvalue weighted by atomic mass is 9.96. The molecule has 55 heavy (non-hydrogen) atoms. The number of nitrogens with zero attached hydrogens (tertiary/aromatic N) is 7. The Morgan fingerprint density at radius 2 is 1.73 bits per heavy atom. The lowest BCUT2D eigenvalue weighted by Crippen LogP contribution is -2.49. The van der Waals surface area contributed by atoms with Crippen molar-refractivity contribution in [2.24, 2.45) is 5.92 Å². The van der Waals surface area contributed by atoms with Crippen LogP contribution in [0.15, 0.2) is 67.3 Å². The minimum absolute atomic E-state index is 0.0852. The van der Waals surface area contributed by atoms with Crippen molar-refractivity contribution < 1.29 is 14.4 Å². The van der Waals surface area contributed by atoms with Gasteiger partial charge in [0.2, 0.25) is 23.7 Å². The zero-order valence-corrected chi connectivity index (χ0v) is 31.7. The average Bonchev–Trinajstić information content (AvgIpc) is 3.95. The van der Waals surface area contributed by atoms with E-state index in [2.05, 4.69) is 59.6 Å². The van der Waals surface area contributed by atoms with E-state index in [-0.39, 0.29) is 29.8 Å². The van der Waals surface area contributed by atoms with E-state index in [1.54, 1.807) is 6.20 Å². The molecule has 4 fully saturated rings. The number of H-pyrrole nitrogens is 1. The summed E-state index contributed by atoms with van der Waals surface area (Å²) in [5.41, 5.74) is 3.86. The Morgan fingerprint density at radius 3 is 2.56 bits per heavy atom. The number of halogens is 1. The van der Waals surface area contributed by atoms with Gasteiger partial charge in [0.25, 0.3) is 0 Å². The fourth-order valence-electron chi connectivity index (χ4n) is 8.85. The first-order valence-corrected chi connectivity index (χ1v) is 20.0. The summed E-state index contributed by atoms with van der Waals surface area (Å²) in [5.74, 6) is 0.951. The molecule has 0 saturated carbocycles. The Balaban J connectivity index is 0.709. The number of carbonyl (C=O) groups is 3. The van der Waals surface area contributed by atoms with E-state index in [4.69, 9.17) is 16.6 Å². The van der Waals surface area contributed by atoms with Crippen molar-refractivity contribution in [3.05, 3.63) is 72.3 Å². The predicted octanol–water partition coefficient (Wildman–Crippen LogP) is 4.76. The fraction of sp³-hybridized carbons (Fsp3) is 0.439. The Bertz CT molecular complexity index is 2220. The molecule has 9 rings (SSSR count). The van der Waals surface area contributed by atoms with Gasteiger partial charge in [-0.25, -0.2) is 9.97 Å². The van der Waals surface area contributed by atoms with Crippen LogP contribution < -0.4 is 15.5 Å². The molecule has 4 saturated heterocycles. The van der Waals surface area contributed by atoms with Crippen molar-refractivity contribution in [3.8, 4) is 11.3 Å². The zero-order chi connectivity index (χ0) is 37.5. The molecule has 0 radical (unpaired) electrons. The summed E-state index contributed by atoms with van der Waals surface area (Å²) >= 11 is 6.54. The molecule has 0 bridgehead atoms. The molecule has 2 unspecified atom stereocenters. The molecule has 7 heterocycles. The molecule has 0 spiro atoms. The zero-order valence-electron chi connectivity index (χ0n) is 30.9. The number of imide groups is 1. The van der Waals surface area contributed by atoms with Crippen LogP contribution in [0.3, 0.4) is 0 Å². The van der Waals surface area contributed by atoms with Crippen molar-refractivity contribution in [1.82, 2.24) is 39.5 Å². The topological polar surface area (TPSA) is 135 Å². The number of piperazine rings is 1. The number of rotatable bonds is 9. The Hall–Kier alpha value is -4.98. The van der Waals surface area contributed by atoms with Crippen LogP contribution in [0.25, 0.3) is 32.9 Å². The van der Waals surface area contributed by atoms with Crippen molar-refractivity contribution in [1.29, 1.82) is 0 Å². The highest BCUT2D eigenvalue weighted by Crippen LogP contribution is 2.33. The second kappa shape index (κ2) is 15.3. The van der Waals surface area contributed by atoms with Crippen LogP contribution in [0.1, 0.15) is 38.1 Å². The molecule has 286 valence electrons. The van der Waals surface area contributed by atoms with Crippen molar-refractivity contribution in [2.75, 3.05) is 75.7 Å². The van der Waals surface area contributed by atoms with Crippen LogP contribution in [-0.4, -0.2) is 123 Å². The van der Waals surface area contributed by atoms with Crippen LogP contribution in [0.2, 0.25) is 5.02 Å². The van der Waals surface area contributed by atoms with Gasteiger partial charge >= 0.3 is 0 Å². The van der Waals surface area contributed by atoms with Gasteiger partial charge in [0.05, 0.1) is 23.5 Å². The molecule has 4 aliphatic rings. The second-order valence-electron chi connectivity index (χ2n) is 15.6. The molecule has 14 heteroatoms. The monoisotopic (exact) mass is 762 g/mol. The molecule has 13 nitrogen and oxygen atoms in total. The van der Waals surface area contributed by atoms with Gasteiger partial charge < -0.3 is 24.7 Å². The van der Waals surface area contributed by atoms with Crippen LogP contribution in [0, 0.1) is 5.92 Å². The summed E-state index contributed by atoms with van der Waals surface area (Å²) in [6.45, 7) is 8.89. The lowest BCUT2D eigenvalue weighted by molar-refractivity contribution is -0.136. The number of aromatic amines is 1. The molecule has 5 aromatic rings. The van der Waals surface area contributed by atoms with Crippen LogP contribution in [0.4, 0.5) is 11.6 Å². The molecule has 2 aromatic carbocycles. The molecule has 2 atom stereocenters. The summed E-state index contributed by atoms with van der Waals surface area (Å²) in [6.07, 6.45) is 11.6. The Labute approximate surface area is 325 Å². The highest BCUT2D eigenvalue weighted by Gasteiger charge is 2.31. The molecule has 3 N–H and O–H groups in total. The van der Waals surface area contributed by atoms with Crippen LogP contribution in [0.5, 0.6) is 0 Å². The van der Waals surface area contributed by atoms with Gasteiger partial charge in [-0.15, -0.1) is 0 Å². The Kier molecular flexibility index (Phi) is 9.92. The van der Waals surface area contributed by atoms with Gasteiger partial charge in [0, 0.05) is 104 Å². The number of benzene rings is 2. The van der Waals surface area contributed by atoms with E-state index in [0.717, 1.165) is 98.9 Å². The van der Waals surface area contributed by atoms with Gasteiger partial charge in [0.15, 0.2) is 0 Å². The van der Waals surface area contributed by atoms with Crippen molar-refractivity contribution in [2.45, 2.75) is 44.2 Å². The molecular weight excluding hydrogens is 716 g/mol. The molecule has 0 aliphatic carbocycles. The third kappa shape index (κ3) is 7.65. The normalized spacial score (nSPS) is 21.8. The van der Waals surface area contributed by atoms with E-state index >= 15 is 0 Å². The predicted molar refractivity (Wildman–Crippen MR) is 214 cm³/mol. The first kappa shape index (κ1) is 35.7. The second-order valence-corrected chi connectivity index (χ2v) is 16.0. The maximum absolute atomic E-state index is 13.4. The number of carbonyl (C=O) groups excluding carboxylic acids is 3. The maximum Gasteiger partial charge on any atom is 0.249 e. The van der Waals surface area contributed by atoms with Gasteiger partial charge in [-0.05, 0) is 68.3 Å². The number of hydrogen-bond donors (Lipinski definition) is 3. The molecule has 3 amide bonds. The molecule has 4 aliphatic heterocycles. The SMILES string of the molecule is O=C1CCC(n2cc3ccc(N4CCN(CC5CCN(CC(=O)N6CCC(Nc7ncc(Cl)c(-c8c[nH]c9ccccc89)n7)C6)CC5)CC4)cc3c2)C(=O)N1. The number of aromatic nitrogens is 4. The number of fused-ring (bicyclic) bond motifs is 2. The van der Waals surface area contributed by atoms with E-state index in [1.807, 2.05) is 46.3 Å². The number of para-hydroxylation sites is 1. The van der Waals surface area contributed by atoms with E-state index < -0.39 is 0 Å². The quantitative estimate of drug-likeness (QED) is 0.182. The summed E-state index contributed by atoms with van der Waals surface area (Å²) in [6, 6.07) is 14.4. The number of piperidine rings is 2. The molecular formula is C41H47ClN10O3. The highest BCUT2D eigenvalue weighted by atomic mass is 35.5. The summed E-state index contributed by atoms with van der Waals surface area (Å²) in [5, 5.41) is 9.69. The average molecular weight is 763 g/mol. The summed E-state index contributed by atoms with van der Waals surface area (Å²) in [7, 11) is 0. The van der Waals surface area contributed by atoms with Gasteiger partial charge in [-0.1, -0.05) is 35.9 Å². The smallest absolute Gasteiger partial charge is 0.249 e. The maximum atomic E-state index is 13.4. The largest absolute Gasteiger partial charge is 0.369 e.